The van der Waals surface area contributed by atoms with E-state index < -0.39 is 0 Å². The van der Waals surface area contributed by atoms with Gasteiger partial charge in [0.2, 0.25) is 0 Å². The summed E-state index contributed by atoms with van der Waals surface area (Å²) in [5, 5.41) is 1.60. The Morgan fingerprint density at radius 3 is 2.81 bits per heavy atom. The summed E-state index contributed by atoms with van der Waals surface area (Å²) in [7, 11) is 0. The first-order valence-electron chi connectivity index (χ1n) is 5.00. The van der Waals surface area contributed by atoms with Crippen LogP contribution in [0.3, 0.4) is 0 Å². The van der Waals surface area contributed by atoms with Crippen molar-refractivity contribution in [2.75, 3.05) is 0 Å². The van der Waals surface area contributed by atoms with Crippen molar-refractivity contribution in [2.24, 2.45) is 4.99 Å². The first kappa shape index (κ1) is 11.8. The van der Waals surface area contributed by atoms with E-state index >= 15 is 0 Å². The van der Waals surface area contributed by atoms with E-state index in [0.29, 0.717) is 11.3 Å². The van der Waals surface area contributed by atoms with Crippen molar-refractivity contribution in [1.82, 2.24) is 0 Å². The molecular formula is C13H10IrNS-. The molecular weight excluding hydrogens is 394 g/mol. The van der Waals surface area contributed by atoms with Crippen molar-refractivity contribution < 1.29 is 20.1 Å². The van der Waals surface area contributed by atoms with E-state index in [2.05, 4.69) is 36.4 Å². The molecule has 1 aliphatic carbocycles. The molecule has 2 aliphatic rings. The summed E-state index contributed by atoms with van der Waals surface area (Å²) in [6.07, 6.45) is 8.55. The minimum Gasteiger partial charge on any atom is -0.317 e. The second-order valence-corrected chi connectivity index (χ2v) is 4.72. The van der Waals surface area contributed by atoms with Crippen molar-refractivity contribution in [3.05, 3.63) is 60.2 Å². The van der Waals surface area contributed by atoms with Crippen molar-refractivity contribution in [3.8, 4) is 0 Å². The topological polar surface area (TPSA) is 12.4 Å². The fraction of sp³-hybridized carbons (Fsp3) is 0.154. The molecule has 0 amide bonds. The maximum Gasteiger partial charge on any atom is 0.0739 e. The van der Waals surface area contributed by atoms with Crippen molar-refractivity contribution in [3.63, 3.8) is 0 Å². The van der Waals surface area contributed by atoms with Crippen molar-refractivity contribution >= 4 is 16.8 Å². The Bertz CT molecular complexity index is 450. The molecule has 1 aromatic carbocycles. The van der Waals surface area contributed by atoms with Crippen LogP contribution in [0.2, 0.25) is 0 Å². The molecule has 0 saturated heterocycles. The Balaban J connectivity index is 0.000000963. The smallest absolute Gasteiger partial charge is 0.0739 e. The number of allylic oxidation sites excluding steroid dienone is 2. The SMILES string of the molecule is [Ir].[c-]1ccccc1C1=NC2C=CC=CC2S1. The molecule has 0 N–H and O–H groups in total. The standard InChI is InChI=1S/C13H10NS.Ir/c1-2-6-10(7-3-1)13-14-11-8-4-5-9-12(11)15-13;/h1-6,8-9,11-12H;/q-1;. The summed E-state index contributed by atoms with van der Waals surface area (Å²) in [4.78, 5) is 4.69. The molecule has 1 aromatic rings. The third-order valence-electron chi connectivity index (χ3n) is 2.51. The van der Waals surface area contributed by atoms with Crippen molar-refractivity contribution in [2.45, 2.75) is 11.3 Å². The quantitative estimate of drug-likeness (QED) is 0.656. The van der Waals surface area contributed by atoms with E-state index in [1.165, 1.54) is 0 Å². The number of hydrogen-bond acceptors (Lipinski definition) is 2. The summed E-state index contributed by atoms with van der Waals surface area (Å²) < 4.78 is 0. The number of hydrogen-bond donors (Lipinski definition) is 0. The van der Waals surface area contributed by atoms with Gasteiger partial charge in [0.05, 0.1) is 6.04 Å². The first-order valence-corrected chi connectivity index (χ1v) is 5.88. The van der Waals surface area contributed by atoms with Crippen LogP contribution >= 0.6 is 11.8 Å². The fourth-order valence-electron chi connectivity index (χ4n) is 1.75. The molecule has 1 nitrogen and oxygen atoms in total. The van der Waals surface area contributed by atoms with Crippen molar-refractivity contribution in [1.29, 1.82) is 0 Å². The maximum absolute atomic E-state index is 4.69. The zero-order valence-electron chi connectivity index (χ0n) is 8.46. The molecule has 3 heteroatoms. The monoisotopic (exact) mass is 405 g/mol. The third-order valence-corrected chi connectivity index (χ3v) is 3.77. The van der Waals surface area contributed by atoms with E-state index in [4.69, 9.17) is 4.99 Å². The number of aliphatic imine (C=N–C) groups is 1. The predicted molar refractivity (Wildman–Crippen MR) is 65.3 cm³/mol. The fourth-order valence-corrected chi connectivity index (χ4v) is 2.91. The zero-order chi connectivity index (χ0) is 10.1. The second kappa shape index (κ2) is 5.13. The summed E-state index contributed by atoms with van der Waals surface area (Å²) in [6.45, 7) is 0. The van der Waals surface area contributed by atoms with E-state index in [9.17, 15) is 0 Å². The number of nitrogens with zero attached hydrogens (tertiary/aromatic N) is 1. The Morgan fingerprint density at radius 1 is 1.19 bits per heavy atom. The summed E-state index contributed by atoms with van der Waals surface area (Å²) in [6, 6.07) is 11.6. The third kappa shape index (κ3) is 2.22. The van der Waals surface area contributed by atoms with Crippen LogP contribution in [0.25, 0.3) is 0 Å². The summed E-state index contributed by atoms with van der Waals surface area (Å²) >= 11 is 1.83. The van der Waals surface area contributed by atoms with Gasteiger partial charge in [-0.3, -0.25) is 0 Å². The molecule has 1 heterocycles. The van der Waals surface area contributed by atoms with Gasteiger partial charge in [0.15, 0.2) is 0 Å². The minimum atomic E-state index is 0. The number of thioether (sulfide) groups is 1. The van der Waals surface area contributed by atoms with Crippen LogP contribution in [-0.2, 0) is 20.1 Å². The number of fused-ring (bicyclic) bond motifs is 1. The van der Waals surface area contributed by atoms with Gasteiger partial charge in [-0.2, -0.15) is 0 Å². The van der Waals surface area contributed by atoms with Crippen LogP contribution in [0.1, 0.15) is 5.56 Å². The van der Waals surface area contributed by atoms with Gasteiger partial charge in [-0.05, 0) is 0 Å². The Labute approximate surface area is 113 Å². The summed E-state index contributed by atoms with van der Waals surface area (Å²) in [5.41, 5.74) is 1.11. The zero-order valence-corrected chi connectivity index (χ0v) is 11.7. The maximum atomic E-state index is 4.69. The molecule has 0 spiro atoms. The first-order chi connectivity index (χ1) is 7.43. The second-order valence-electron chi connectivity index (χ2n) is 3.55. The van der Waals surface area contributed by atoms with Gasteiger partial charge in [-0.15, -0.1) is 47.7 Å². The molecule has 0 fully saturated rings. The molecule has 1 radical (unpaired) electrons. The molecule has 0 aromatic heterocycles. The van der Waals surface area contributed by atoms with Gasteiger partial charge in [-0.25, -0.2) is 0 Å². The average Bonchev–Trinajstić information content (AvgIpc) is 2.74. The largest absolute Gasteiger partial charge is 0.317 e. The Kier molecular flexibility index (Phi) is 3.80. The van der Waals surface area contributed by atoms with Gasteiger partial charge < -0.3 is 4.99 Å². The van der Waals surface area contributed by atoms with Gasteiger partial charge in [0.25, 0.3) is 0 Å². The molecule has 2 atom stereocenters. The molecule has 83 valence electrons. The van der Waals surface area contributed by atoms with Gasteiger partial charge in [0, 0.05) is 30.4 Å². The van der Waals surface area contributed by atoms with E-state index in [-0.39, 0.29) is 20.1 Å². The van der Waals surface area contributed by atoms with Crippen LogP contribution in [0.5, 0.6) is 0 Å². The Hall–Kier alpha value is -0.631. The molecule has 3 rings (SSSR count). The van der Waals surface area contributed by atoms with Gasteiger partial charge in [0.1, 0.15) is 0 Å². The number of rotatable bonds is 1. The molecule has 16 heavy (non-hydrogen) atoms. The van der Waals surface area contributed by atoms with Crippen LogP contribution < -0.4 is 0 Å². The van der Waals surface area contributed by atoms with Crippen LogP contribution in [0.4, 0.5) is 0 Å². The Morgan fingerprint density at radius 2 is 2.06 bits per heavy atom. The summed E-state index contributed by atoms with van der Waals surface area (Å²) in [5.74, 6) is 0. The van der Waals surface area contributed by atoms with E-state index in [1.807, 2.05) is 30.0 Å². The molecule has 2 unspecified atom stereocenters. The average molecular weight is 405 g/mol. The van der Waals surface area contributed by atoms with E-state index in [0.717, 1.165) is 10.6 Å². The van der Waals surface area contributed by atoms with Gasteiger partial charge >= 0.3 is 0 Å². The molecule has 0 bridgehead atoms. The number of benzene rings is 1. The van der Waals surface area contributed by atoms with E-state index in [1.54, 1.807) is 0 Å². The molecule has 1 aliphatic heterocycles. The van der Waals surface area contributed by atoms with Crippen LogP contribution in [0, 0.1) is 6.07 Å². The minimum absolute atomic E-state index is 0. The van der Waals surface area contributed by atoms with Crippen LogP contribution in [-0.4, -0.2) is 16.3 Å². The van der Waals surface area contributed by atoms with Gasteiger partial charge in [-0.1, -0.05) is 24.3 Å². The predicted octanol–water partition coefficient (Wildman–Crippen LogP) is 2.84. The normalized spacial score (nSPS) is 25.9. The van der Waals surface area contributed by atoms with Crippen LogP contribution in [0.15, 0.2) is 53.6 Å². The molecule has 0 saturated carbocycles.